The van der Waals surface area contributed by atoms with E-state index in [2.05, 4.69) is 36.5 Å². The van der Waals surface area contributed by atoms with Crippen LogP contribution >= 0.6 is 11.6 Å². The predicted molar refractivity (Wildman–Crippen MR) is 74.9 cm³/mol. The maximum atomic E-state index is 11.8. The topological polar surface area (TPSA) is 29.1 Å². The molecule has 98 valence electrons. The molecule has 3 heteroatoms. The lowest BCUT2D eigenvalue weighted by atomic mass is 10.1. The summed E-state index contributed by atoms with van der Waals surface area (Å²) in [4.78, 5) is 11.8. The van der Waals surface area contributed by atoms with E-state index in [0.717, 1.165) is 25.7 Å². The first kappa shape index (κ1) is 13.4. The summed E-state index contributed by atoms with van der Waals surface area (Å²) >= 11 is 6.14. The molecule has 1 amide bonds. The van der Waals surface area contributed by atoms with Crippen LogP contribution in [0.25, 0.3) is 0 Å². The van der Waals surface area contributed by atoms with E-state index in [0.29, 0.717) is 6.42 Å². The van der Waals surface area contributed by atoms with Crippen molar-refractivity contribution in [1.29, 1.82) is 0 Å². The quantitative estimate of drug-likeness (QED) is 0.833. The van der Waals surface area contributed by atoms with E-state index in [1.165, 1.54) is 11.1 Å². The molecule has 1 fully saturated rings. The molecular formula is C15H20ClNO. The molecule has 0 bridgehead atoms. The van der Waals surface area contributed by atoms with Gasteiger partial charge in [-0.2, -0.15) is 0 Å². The third-order valence-electron chi connectivity index (χ3n) is 3.54. The van der Waals surface area contributed by atoms with E-state index >= 15 is 0 Å². The van der Waals surface area contributed by atoms with Gasteiger partial charge in [-0.25, -0.2) is 0 Å². The molecule has 18 heavy (non-hydrogen) atoms. The highest BCUT2D eigenvalue weighted by Crippen LogP contribution is 2.24. The summed E-state index contributed by atoms with van der Waals surface area (Å²) in [7, 11) is 0. The van der Waals surface area contributed by atoms with E-state index in [1.807, 2.05) is 0 Å². The number of aryl methyl sites for hydroxylation is 2. The summed E-state index contributed by atoms with van der Waals surface area (Å²) in [5, 5.41) is 3.16. The highest BCUT2D eigenvalue weighted by atomic mass is 35.5. The molecule has 1 saturated carbocycles. The van der Waals surface area contributed by atoms with Gasteiger partial charge in [0.05, 0.1) is 5.38 Å². The number of hydrogen-bond donors (Lipinski definition) is 1. The molecule has 1 aromatic carbocycles. The highest BCUT2D eigenvalue weighted by Gasteiger charge is 2.26. The van der Waals surface area contributed by atoms with Gasteiger partial charge in [0.1, 0.15) is 0 Å². The molecule has 1 aromatic rings. The number of carbonyl (C=O) groups is 1. The van der Waals surface area contributed by atoms with Gasteiger partial charge in [0.2, 0.25) is 5.91 Å². The fraction of sp³-hybridized carbons (Fsp3) is 0.533. The van der Waals surface area contributed by atoms with Crippen molar-refractivity contribution in [3.8, 4) is 0 Å². The average Bonchev–Trinajstić information content (AvgIpc) is 2.74. The molecule has 1 aliphatic carbocycles. The predicted octanol–water partition coefficient (Wildman–Crippen LogP) is 3.20. The minimum absolute atomic E-state index is 0.119. The average molecular weight is 266 g/mol. The van der Waals surface area contributed by atoms with Crippen LogP contribution in [0.3, 0.4) is 0 Å². The molecule has 0 radical (unpaired) electrons. The minimum atomic E-state index is 0.119. The summed E-state index contributed by atoms with van der Waals surface area (Å²) in [6, 6.07) is 8.51. The first-order chi connectivity index (χ1) is 8.65. The summed E-state index contributed by atoms with van der Waals surface area (Å²) in [6.07, 6.45) is 4.50. The van der Waals surface area contributed by atoms with Crippen LogP contribution in [0.2, 0.25) is 0 Å². The van der Waals surface area contributed by atoms with Crippen molar-refractivity contribution in [2.45, 2.75) is 50.4 Å². The summed E-state index contributed by atoms with van der Waals surface area (Å²) in [5.74, 6) is 0.119. The molecule has 0 aromatic heterocycles. The molecule has 2 unspecified atom stereocenters. The van der Waals surface area contributed by atoms with E-state index in [4.69, 9.17) is 11.6 Å². The number of benzene rings is 1. The minimum Gasteiger partial charge on any atom is -0.352 e. The van der Waals surface area contributed by atoms with Crippen LogP contribution in [0.15, 0.2) is 24.3 Å². The van der Waals surface area contributed by atoms with Gasteiger partial charge in [-0.1, -0.05) is 29.8 Å². The van der Waals surface area contributed by atoms with Crippen molar-refractivity contribution >= 4 is 17.5 Å². The van der Waals surface area contributed by atoms with Crippen molar-refractivity contribution in [2.75, 3.05) is 0 Å². The maximum absolute atomic E-state index is 11.8. The Kier molecular flexibility index (Phi) is 4.65. The monoisotopic (exact) mass is 265 g/mol. The van der Waals surface area contributed by atoms with E-state index in [1.54, 1.807) is 0 Å². The lowest BCUT2D eigenvalue weighted by molar-refractivity contribution is -0.121. The molecule has 2 atom stereocenters. The first-order valence-corrected chi connectivity index (χ1v) is 7.08. The lowest BCUT2D eigenvalue weighted by Crippen LogP contribution is -2.37. The molecular weight excluding hydrogens is 246 g/mol. The van der Waals surface area contributed by atoms with Crippen molar-refractivity contribution in [1.82, 2.24) is 5.32 Å². The zero-order valence-corrected chi connectivity index (χ0v) is 11.5. The van der Waals surface area contributed by atoms with Crippen molar-refractivity contribution in [2.24, 2.45) is 0 Å². The molecule has 0 aliphatic heterocycles. The van der Waals surface area contributed by atoms with Crippen LogP contribution in [0.4, 0.5) is 0 Å². The molecule has 0 heterocycles. The van der Waals surface area contributed by atoms with Crippen molar-refractivity contribution in [3.05, 3.63) is 35.4 Å². The summed E-state index contributed by atoms with van der Waals surface area (Å²) in [5.41, 5.74) is 2.46. The number of hydrogen-bond acceptors (Lipinski definition) is 1. The van der Waals surface area contributed by atoms with Crippen LogP contribution in [0.5, 0.6) is 0 Å². The number of halogens is 1. The Hall–Kier alpha value is -1.02. The lowest BCUT2D eigenvalue weighted by Gasteiger charge is -2.15. The molecule has 0 spiro atoms. The van der Waals surface area contributed by atoms with E-state index in [9.17, 15) is 4.79 Å². The number of nitrogens with one attached hydrogen (secondary N) is 1. The number of amides is 1. The van der Waals surface area contributed by atoms with Gasteiger partial charge in [0.15, 0.2) is 0 Å². The Morgan fingerprint density at radius 1 is 1.33 bits per heavy atom. The summed E-state index contributed by atoms with van der Waals surface area (Å²) < 4.78 is 0. The highest BCUT2D eigenvalue weighted by molar-refractivity contribution is 6.21. The normalized spacial score (nSPS) is 23.0. The van der Waals surface area contributed by atoms with Gasteiger partial charge in [-0.05, 0) is 38.2 Å². The molecule has 1 N–H and O–H groups in total. The van der Waals surface area contributed by atoms with Gasteiger partial charge in [-0.3, -0.25) is 4.79 Å². The third-order valence-corrected chi connectivity index (χ3v) is 4.06. The second kappa shape index (κ2) is 6.24. The Morgan fingerprint density at radius 2 is 2.06 bits per heavy atom. The molecule has 0 saturated heterocycles. The van der Waals surface area contributed by atoms with Crippen LogP contribution < -0.4 is 5.32 Å². The van der Waals surface area contributed by atoms with Crippen LogP contribution in [-0.4, -0.2) is 17.3 Å². The van der Waals surface area contributed by atoms with E-state index < -0.39 is 0 Å². The molecule has 2 rings (SSSR count). The maximum Gasteiger partial charge on any atom is 0.220 e. The number of rotatable bonds is 4. The standard InChI is InChI=1S/C15H20ClNO/c1-11-5-7-12(8-6-11)9-10-15(18)17-14-4-2-3-13(14)16/h5-8,13-14H,2-4,9-10H2,1H3,(H,17,18). The zero-order valence-electron chi connectivity index (χ0n) is 10.8. The van der Waals surface area contributed by atoms with Gasteiger partial charge in [-0.15, -0.1) is 11.6 Å². The first-order valence-electron chi connectivity index (χ1n) is 6.64. The van der Waals surface area contributed by atoms with Crippen LogP contribution in [-0.2, 0) is 11.2 Å². The van der Waals surface area contributed by atoms with Gasteiger partial charge in [0.25, 0.3) is 0 Å². The Bertz CT molecular complexity index is 401. The van der Waals surface area contributed by atoms with Gasteiger partial charge >= 0.3 is 0 Å². The second-order valence-corrected chi connectivity index (χ2v) is 5.67. The smallest absolute Gasteiger partial charge is 0.220 e. The van der Waals surface area contributed by atoms with Crippen LogP contribution in [0.1, 0.15) is 36.8 Å². The zero-order chi connectivity index (χ0) is 13.0. The fourth-order valence-corrected chi connectivity index (χ4v) is 2.71. The number of carbonyl (C=O) groups excluding carboxylic acids is 1. The third kappa shape index (κ3) is 3.74. The fourth-order valence-electron chi connectivity index (χ4n) is 2.37. The molecule has 2 nitrogen and oxygen atoms in total. The van der Waals surface area contributed by atoms with Crippen molar-refractivity contribution < 1.29 is 4.79 Å². The SMILES string of the molecule is Cc1ccc(CCC(=O)NC2CCCC2Cl)cc1. The molecule has 1 aliphatic rings. The Labute approximate surface area is 114 Å². The Balaban J connectivity index is 1.76. The Morgan fingerprint density at radius 3 is 2.67 bits per heavy atom. The van der Waals surface area contributed by atoms with Gasteiger partial charge in [0, 0.05) is 12.5 Å². The summed E-state index contributed by atoms with van der Waals surface area (Å²) in [6.45, 7) is 2.07. The second-order valence-electron chi connectivity index (χ2n) is 5.11. The van der Waals surface area contributed by atoms with Crippen molar-refractivity contribution in [3.63, 3.8) is 0 Å². The largest absolute Gasteiger partial charge is 0.352 e. The number of alkyl halides is 1. The van der Waals surface area contributed by atoms with Crippen LogP contribution in [0, 0.1) is 6.92 Å². The van der Waals surface area contributed by atoms with Gasteiger partial charge < -0.3 is 5.32 Å². The van der Waals surface area contributed by atoms with E-state index in [-0.39, 0.29) is 17.3 Å².